The third-order valence-corrected chi connectivity index (χ3v) is 2.89. The summed E-state index contributed by atoms with van der Waals surface area (Å²) in [6, 6.07) is 1.93. The highest BCUT2D eigenvalue weighted by atomic mass is 79.9. The second-order valence-corrected chi connectivity index (χ2v) is 4.50. The van der Waals surface area contributed by atoms with E-state index in [2.05, 4.69) is 31.1 Å². The van der Waals surface area contributed by atoms with Gasteiger partial charge in [0.05, 0.1) is 5.56 Å². The maximum atomic E-state index is 5.55. The molecule has 3 aromatic rings. The number of aryl methyl sites for hydroxylation is 1. The van der Waals surface area contributed by atoms with Crippen molar-refractivity contribution in [2.75, 3.05) is 0 Å². The molecule has 0 bridgehead atoms. The molecule has 0 aromatic carbocycles. The fraction of sp³-hybridized carbons (Fsp3) is 0.182. The van der Waals surface area contributed by atoms with Gasteiger partial charge >= 0.3 is 0 Å². The van der Waals surface area contributed by atoms with Crippen LogP contribution in [0.25, 0.3) is 17.1 Å². The zero-order valence-electron chi connectivity index (χ0n) is 9.09. The molecule has 0 aliphatic rings. The Balaban J connectivity index is 2.24. The predicted octanol–water partition coefficient (Wildman–Crippen LogP) is 2.71. The standard InChI is InChI=1S/C11H9BrN4O/c1-2-9-14-15-11(17-9)8-5-7(12)6-16-4-3-13-10(8)16/h3-6H,2H2,1H3. The lowest BCUT2D eigenvalue weighted by Gasteiger charge is -2.00. The van der Waals surface area contributed by atoms with Crippen molar-refractivity contribution >= 4 is 21.6 Å². The van der Waals surface area contributed by atoms with Gasteiger partial charge in [0.1, 0.15) is 5.65 Å². The first-order valence-corrected chi connectivity index (χ1v) is 6.02. The van der Waals surface area contributed by atoms with Crippen molar-refractivity contribution in [2.45, 2.75) is 13.3 Å². The lowest BCUT2D eigenvalue weighted by molar-refractivity contribution is 0.513. The largest absolute Gasteiger partial charge is 0.421 e. The molecular formula is C11H9BrN4O. The average molecular weight is 293 g/mol. The van der Waals surface area contributed by atoms with Gasteiger partial charge in [-0.15, -0.1) is 10.2 Å². The predicted molar refractivity (Wildman–Crippen MR) is 65.6 cm³/mol. The van der Waals surface area contributed by atoms with E-state index in [1.165, 1.54) is 0 Å². The highest BCUT2D eigenvalue weighted by Crippen LogP contribution is 2.26. The third kappa shape index (κ3) is 1.74. The van der Waals surface area contributed by atoms with Crippen molar-refractivity contribution in [1.82, 2.24) is 19.6 Å². The van der Waals surface area contributed by atoms with Gasteiger partial charge in [0.2, 0.25) is 5.89 Å². The fourth-order valence-electron chi connectivity index (χ4n) is 1.66. The number of hydrogen-bond acceptors (Lipinski definition) is 4. The molecule has 17 heavy (non-hydrogen) atoms. The van der Waals surface area contributed by atoms with Crippen LogP contribution in [0.2, 0.25) is 0 Å². The summed E-state index contributed by atoms with van der Waals surface area (Å²) in [6.07, 6.45) is 6.28. The molecule has 0 saturated heterocycles. The van der Waals surface area contributed by atoms with Gasteiger partial charge in [-0.1, -0.05) is 6.92 Å². The SMILES string of the molecule is CCc1nnc(-c2cc(Br)cn3ccnc23)o1. The van der Waals surface area contributed by atoms with Crippen LogP contribution in [0.3, 0.4) is 0 Å². The van der Waals surface area contributed by atoms with Crippen molar-refractivity contribution in [1.29, 1.82) is 0 Å². The van der Waals surface area contributed by atoms with Crippen molar-refractivity contribution in [3.63, 3.8) is 0 Å². The maximum Gasteiger partial charge on any atom is 0.251 e. The van der Waals surface area contributed by atoms with E-state index < -0.39 is 0 Å². The van der Waals surface area contributed by atoms with Gasteiger partial charge in [0.15, 0.2) is 0 Å². The Morgan fingerprint density at radius 3 is 3.06 bits per heavy atom. The lowest BCUT2D eigenvalue weighted by atomic mass is 10.2. The van der Waals surface area contributed by atoms with Crippen LogP contribution in [-0.2, 0) is 6.42 Å². The van der Waals surface area contributed by atoms with Crippen LogP contribution in [0, 0.1) is 0 Å². The Bertz CT molecular complexity index is 673. The van der Waals surface area contributed by atoms with Gasteiger partial charge in [0, 0.05) is 29.5 Å². The minimum Gasteiger partial charge on any atom is -0.421 e. The number of imidazole rings is 1. The maximum absolute atomic E-state index is 5.55. The molecule has 5 nitrogen and oxygen atoms in total. The first kappa shape index (κ1) is 10.5. The highest BCUT2D eigenvalue weighted by molar-refractivity contribution is 9.10. The van der Waals surface area contributed by atoms with Crippen LogP contribution in [0.1, 0.15) is 12.8 Å². The number of hydrogen-bond donors (Lipinski definition) is 0. The molecule has 0 N–H and O–H groups in total. The summed E-state index contributed by atoms with van der Waals surface area (Å²) in [5.41, 5.74) is 1.64. The Morgan fingerprint density at radius 1 is 1.41 bits per heavy atom. The quantitative estimate of drug-likeness (QED) is 0.729. The highest BCUT2D eigenvalue weighted by Gasteiger charge is 2.13. The van der Waals surface area contributed by atoms with E-state index in [0.717, 1.165) is 22.1 Å². The fourth-order valence-corrected chi connectivity index (χ4v) is 2.11. The van der Waals surface area contributed by atoms with E-state index in [1.54, 1.807) is 6.20 Å². The summed E-state index contributed by atoms with van der Waals surface area (Å²) in [7, 11) is 0. The molecule has 0 spiro atoms. The van der Waals surface area contributed by atoms with Gasteiger partial charge in [0.25, 0.3) is 5.89 Å². The van der Waals surface area contributed by atoms with Crippen LogP contribution in [-0.4, -0.2) is 19.6 Å². The summed E-state index contributed by atoms with van der Waals surface area (Å²) < 4.78 is 8.41. The summed E-state index contributed by atoms with van der Waals surface area (Å²) in [6.45, 7) is 1.98. The van der Waals surface area contributed by atoms with Gasteiger partial charge < -0.3 is 8.82 Å². The molecule has 0 unspecified atom stereocenters. The lowest BCUT2D eigenvalue weighted by Crippen LogP contribution is -1.88. The zero-order valence-corrected chi connectivity index (χ0v) is 10.7. The molecule has 0 fully saturated rings. The molecule has 86 valence electrons. The Morgan fingerprint density at radius 2 is 2.29 bits per heavy atom. The van der Waals surface area contributed by atoms with Crippen LogP contribution in [0.15, 0.2) is 33.5 Å². The molecule has 3 heterocycles. The monoisotopic (exact) mass is 292 g/mol. The van der Waals surface area contributed by atoms with Gasteiger partial charge in [-0.05, 0) is 22.0 Å². The third-order valence-electron chi connectivity index (χ3n) is 2.45. The van der Waals surface area contributed by atoms with Gasteiger partial charge in [-0.25, -0.2) is 4.98 Å². The number of aromatic nitrogens is 4. The minimum atomic E-state index is 0.499. The van der Waals surface area contributed by atoms with E-state index >= 15 is 0 Å². The molecule has 0 aliphatic heterocycles. The number of nitrogens with zero attached hydrogens (tertiary/aromatic N) is 4. The topological polar surface area (TPSA) is 56.2 Å². The molecule has 6 heteroatoms. The molecule has 0 radical (unpaired) electrons. The molecule has 0 atom stereocenters. The Hall–Kier alpha value is -1.69. The molecular weight excluding hydrogens is 284 g/mol. The van der Waals surface area contributed by atoms with E-state index in [4.69, 9.17) is 4.42 Å². The summed E-state index contributed by atoms with van der Waals surface area (Å²) in [5, 5.41) is 8.00. The number of rotatable bonds is 2. The average Bonchev–Trinajstić information content (AvgIpc) is 2.95. The van der Waals surface area contributed by atoms with Crippen LogP contribution in [0.5, 0.6) is 0 Å². The van der Waals surface area contributed by atoms with Crippen LogP contribution in [0.4, 0.5) is 0 Å². The second-order valence-electron chi connectivity index (χ2n) is 3.58. The summed E-state index contributed by atoms with van der Waals surface area (Å²) in [5.74, 6) is 1.13. The smallest absolute Gasteiger partial charge is 0.251 e. The number of halogens is 1. The summed E-state index contributed by atoms with van der Waals surface area (Å²) >= 11 is 3.45. The minimum absolute atomic E-state index is 0.499. The Kier molecular flexibility index (Phi) is 2.44. The molecule has 0 amide bonds. The second kappa shape index (κ2) is 3.96. The summed E-state index contributed by atoms with van der Waals surface area (Å²) in [4.78, 5) is 4.29. The molecule has 0 aliphatic carbocycles. The molecule has 3 rings (SSSR count). The van der Waals surface area contributed by atoms with E-state index in [1.807, 2.05) is 29.8 Å². The van der Waals surface area contributed by atoms with Crippen molar-refractivity contribution in [2.24, 2.45) is 0 Å². The molecule has 0 saturated carbocycles. The normalized spacial score (nSPS) is 11.2. The van der Waals surface area contributed by atoms with E-state index in [-0.39, 0.29) is 0 Å². The van der Waals surface area contributed by atoms with Gasteiger partial charge in [-0.2, -0.15) is 0 Å². The van der Waals surface area contributed by atoms with Crippen molar-refractivity contribution in [3.05, 3.63) is 35.0 Å². The van der Waals surface area contributed by atoms with E-state index in [0.29, 0.717) is 11.8 Å². The van der Waals surface area contributed by atoms with Gasteiger partial charge in [-0.3, -0.25) is 0 Å². The number of pyridine rings is 1. The number of fused-ring (bicyclic) bond motifs is 1. The van der Waals surface area contributed by atoms with Crippen LogP contribution >= 0.6 is 15.9 Å². The van der Waals surface area contributed by atoms with Crippen molar-refractivity contribution in [3.8, 4) is 11.5 Å². The zero-order chi connectivity index (χ0) is 11.8. The first-order valence-electron chi connectivity index (χ1n) is 5.23. The van der Waals surface area contributed by atoms with E-state index in [9.17, 15) is 0 Å². The van der Waals surface area contributed by atoms with Crippen LogP contribution < -0.4 is 0 Å². The first-order chi connectivity index (χ1) is 8.28. The molecule has 3 aromatic heterocycles. The Labute approximate surface area is 106 Å². The van der Waals surface area contributed by atoms with Crippen molar-refractivity contribution < 1.29 is 4.42 Å².